The predicted molar refractivity (Wildman–Crippen MR) is 73.9 cm³/mol. The number of rotatable bonds is 7. The van der Waals surface area contributed by atoms with Gasteiger partial charge in [0, 0.05) is 13.5 Å². The number of nitrogens with zero attached hydrogens (tertiary/aromatic N) is 2. The van der Waals surface area contributed by atoms with Crippen LogP contribution in [0, 0.1) is 0 Å². The Kier molecular flexibility index (Phi) is 5.77. The number of hydrogen-bond acceptors (Lipinski definition) is 5. The van der Waals surface area contributed by atoms with Gasteiger partial charge in [0.05, 0.1) is 48.8 Å². The molecule has 1 aromatic rings. The Hall–Kier alpha value is -0.470. The Bertz CT molecular complexity index is 394. The highest BCUT2D eigenvalue weighted by molar-refractivity contribution is 9.10. The number of halogens is 1. The summed E-state index contributed by atoms with van der Waals surface area (Å²) in [5.74, 6) is 0. The van der Waals surface area contributed by atoms with Gasteiger partial charge in [0.1, 0.15) is 0 Å². The van der Waals surface area contributed by atoms with Gasteiger partial charge in [-0.1, -0.05) is 0 Å². The third-order valence-electron chi connectivity index (χ3n) is 3.14. The van der Waals surface area contributed by atoms with E-state index >= 15 is 0 Å². The van der Waals surface area contributed by atoms with Gasteiger partial charge in [-0.05, 0) is 23.0 Å². The van der Waals surface area contributed by atoms with Gasteiger partial charge >= 0.3 is 0 Å². The smallest absolute Gasteiger partial charge is 0.159 e. The highest BCUT2D eigenvalue weighted by Crippen LogP contribution is 2.28. The standard InChI is InChI=1S/C12H20BrN3O3/c1-14-10(7-11-18-5-6-19-11)12-9(13)8-15-16(12)3-4-17-2/h8,10-11,14H,3-7H2,1-2H3. The first-order valence-electron chi connectivity index (χ1n) is 6.37. The number of nitrogens with one attached hydrogen (secondary N) is 1. The van der Waals surface area contributed by atoms with Crippen LogP contribution in [0.3, 0.4) is 0 Å². The lowest BCUT2D eigenvalue weighted by Gasteiger charge is -2.21. The van der Waals surface area contributed by atoms with Gasteiger partial charge in [-0.3, -0.25) is 4.68 Å². The summed E-state index contributed by atoms with van der Waals surface area (Å²) >= 11 is 3.55. The zero-order chi connectivity index (χ0) is 13.7. The monoisotopic (exact) mass is 333 g/mol. The maximum Gasteiger partial charge on any atom is 0.159 e. The highest BCUT2D eigenvalue weighted by Gasteiger charge is 2.25. The summed E-state index contributed by atoms with van der Waals surface area (Å²) in [6.07, 6.45) is 2.43. The van der Waals surface area contributed by atoms with Crippen molar-refractivity contribution in [1.82, 2.24) is 15.1 Å². The molecule has 0 spiro atoms. The maximum absolute atomic E-state index is 5.51. The minimum atomic E-state index is -0.143. The lowest BCUT2D eigenvalue weighted by Crippen LogP contribution is -2.26. The zero-order valence-electron chi connectivity index (χ0n) is 11.3. The summed E-state index contributed by atoms with van der Waals surface area (Å²) in [7, 11) is 3.62. The molecule has 0 aromatic carbocycles. The highest BCUT2D eigenvalue weighted by atomic mass is 79.9. The van der Waals surface area contributed by atoms with E-state index in [9.17, 15) is 0 Å². The molecule has 0 amide bonds. The van der Waals surface area contributed by atoms with E-state index in [4.69, 9.17) is 14.2 Å². The van der Waals surface area contributed by atoms with Crippen LogP contribution in [0.2, 0.25) is 0 Å². The van der Waals surface area contributed by atoms with Crippen molar-refractivity contribution in [2.45, 2.75) is 25.3 Å². The molecule has 1 N–H and O–H groups in total. The third kappa shape index (κ3) is 3.76. The van der Waals surface area contributed by atoms with E-state index in [0.717, 1.165) is 23.1 Å². The quantitative estimate of drug-likeness (QED) is 0.815. The molecule has 0 bridgehead atoms. The van der Waals surface area contributed by atoms with Crippen molar-refractivity contribution in [3.8, 4) is 0 Å². The summed E-state index contributed by atoms with van der Waals surface area (Å²) < 4.78 is 19.1. The number of hydrogen-bond donors (Lipinski definition) is 1. The van der Waals surface area contributed by atoms with Crippen LogP contribution in [0.4, 0.5) is 0 Å². The number of methoxy groups -OCH3 is 1. The first kappa shape index (κ1) is 14.9. The van der Waals surface area contributed by atoms with Crippen molar-refractivity contribution in [2.24, 2.45) is 0 Å². The molecule has 0 aliphatic carbocycles. The Balaban J connectivity index is 2.09. The molecule has 19 heavy (non-hydrogen) atoms. The minimum Gasteiger partial charge on any atom is -0.383 e. The first-order valence-corrected chi connectivity index (χ1v) is 7.16. The molecule has 1 aliphatic rings. The summed E-state index contributed by atoms with van der Waals surface area (Å²) in [5, 5.41) is 7.66. The molecule has 7 heteroatoms. The Morgan fingerprint density at radius 3 is 2.95 bits per heavy atom. The normalized spacial score (nSPS) is 18.1. The van der Waals surface area contributed by atoms with E-state index < -0.39 is 0 Å². The molecular formula is C12H20BrN3O3. The van der Waals surface area contributed by atoms with Gasteiger partial charge in [0.25, 0.3) is 0 Å². The minimum absolute atomic E-state index is 0.122. The second-order valence-corrected chi connectivity index (χ2v) is 5.20. The second kappa shape index (κ2) is 7.35. The fraction of sp³-hybridized carbons (Fsp3) is 0.750. The summed E-state index contributed by atoms with van der Waals surface area (Å²) in [6.45, 7) is 2.70. The molecule has 1 fully saturated rings. The number of ether oxygens (including phenoxy) is 3. The Labute approximate surface area is 121 Å². The van der Waals surface area contributed by atoms with E-state index in [1.807, 2.05) is 17.9 Å². The average Bonchev–Trinajstić information content (AvgIpc) is 3.04. The van der Waals surface area contributed by atoms with Crippen LogP contribution >= 0.6 is 15.9 Å². The zero-order valence-corrected chi connectivity index (χ0v) is 12.9. The molecule has 0 saturated carbocycles. The average molecular weight is 334 g/mol. The van der Waals surface area contributed by atoms with Crippen molar-refractivity contribution in [3.05, 3.63) is 16.4 Å². The summed E-state index contributed by atoms with van der Waals surface area (Å²) in [5.41, 5.74) is 1.10. The van der Waals surface area contributed by atoms with Crippen LogP contribution < -0.4 is 5.32 Å². The van der Waals surface area contributed by atoms with Crippen molar-refractivity contribution in [2.75, 3.05) is 34.0 Å². The SMILES string of the molecule is CNC(CC1OCCO1)c1c(Br)cnn1CCOC. The van der Waals surface area contributed by atoms with E-state index in [2.05, 4.69) is 26.3 Å². The van der Waals surface area contributed by atoms with Gasteiger partial charge in [-0.2, -0.15) is 5.10 Å². The molecule has 108 valence electrons. The molecule has 2 rings (SSSR count). The van der Waals surface area contributed by atoms with Gasteiger partial charge in [-0.25, -0.2) is 0 Å². The van der Waals surface area contributed by atoms with Crippen molar-refractivity contribution < 1.29 is 14.2 Å². The molecule has 0 radical (unpaired) electrons. The van der Waals surface area contributed by atoms with Gasteiger partial charge in [-0.15, -0.1) is 0 Å². The molecule has 1 aromatic heterocycles. The molecule has 2 heterocycles. The van der Waals surface area contributed by atoms with Crippen molar-refractivity contribution >= 4 is 15.9 Å². The predicted octanol–water partition coefficient (Wildman–Crippen LogP) is 1.32. The van der Waals surface area contributed by atoms with E-state index in [-0.39, 0.29) is 12.3 Å². The van der Waals surface area contributed by atoms with Crippen LogP contribution in [-0.4, -0.2) is 50.0 Å². The fourth-order valence-corrected chi connectivity index (χ4v) is 2.75. The molecule has 1 saturated heterocycles. The Morgan fingerprint density at radius 1 is 1.58 bits per heavy atom. The summed E-state index contributed by atoms with van der Waals surface area (Å²) in [4.78, 5) is 0. The van der Waals surface area contributed by atoms with Gasteiger partial charge < -0.3 is 19.5 Å². The van der Waals surface area contributed by atoms with Crippen molar-refractivity contribution in [1.29, 1.82) is 0 Å². The van der Waals surface area contributed by atoms with Gasteiger partial charge in [0.2, 0.25) is 0 Å². The van der Waals surface area contributed by atoms with Crippen LogP contribution in [0.1, 0.15) is 18.2 Å². The molecule has 6 nitrogen and oxygen atoms in total. The van der Waals surface area contributed by atoms with E-state index in [1.54, 1.807) is 7.11 Å². The second-order valence-electron chi connectivity index (χ2n) is 4.34. The lowest BCUT2D eigenvalue weighted by atomic mass is 10.1. The molecule has 1 atom stereocenters. The maximum atomic E-state index is 5.51. The Morgan fingerprint density at radius 2 is 2.32 bits per heavy atom. The fourth-order valence-electron chi connectivity index (χ4n) is 2.18. The lowest BCUT2D eigenvalue weighted by molar-refractivity contribution is -0.0531. The van der Waals surface area contributed by atoms with E-state index in [1.165, 1.54) is 0 Å². The first-order chi connectivity index (χ1) is 9.26. The van der Waals surface area contributed by atoms with E-state index in [0.29, 0.717) is 19.8 Å². The van der Waals surface area contributed by atoms with Gasteiger partial charge in [0.15, 0.2) is 6.29 Å². The van der Waals surface area contributed by atoms with Crippen LogP contribution in [0.5, 0.6) is 0 Å². The molecular weight excluding hydrogens is 314 g/mol. The largest absolute Gasteiger partial charge is 0.383 e. The van der Waals surface area contributed by atoms with Crippen LogP contribution in [0.15, 0.2) is 10.7 Å². The van der Waals surface area contributed by atoms with Crippen LogP contribution in [0.25, 0.3) is 0 Å². The molecule has 1 aliphatic heterocycles. The third-order valence-corrected chi connectivity index (χ3v) is 3.75. The summed E-state index contributed by atoms with van der Waals surface area (Å²) in [6, 6.07) is 0.122. The van der Waals surface area contributed by atoms with Crippen LogP contribution in [-0.2, 0) is 20.8 Å². The number of aromatic nitrogens is 2. The van der Waals surface area contributed by atoms with Crippen molar-refractivity contribution in [3.63, 3.8) is 0 Å². The topological polar surface area (TPSA) is 57.5 Å². The molecule has 1 unspecified atom stereocenters.